The van der Waals surface area contributed by atoms with Crippen LogP contribution in [0, 0.1) is 5.41 Å². The summed E-state index contributed by atoms with van der Waals surface area (Å²) in [6.45, 7) is 1.70. The van der Waals surface area contributed by atoms with Crippen LogP contribution < -0.4 is 5.32 Å². The van der Waals surface area contributed by atoms with Gasteiger partial charge in [0.05, 0.1) is 0 Å². The van der Waals surface area contributed by atoms with Gasteiger partial charge in [-0.3, -0.25) is 4.79 Å². The van der Waals surface area contributed by atoms with Crippen LogP contribution in [0.3, 0.4) is 0 Å². The molecule has 0 radical (unpaired) electrons. The topological polar surface area (TPSA) is 38.3 Å². The number of hydrogen-bond acceptors (Lipinski definition) is 2. The average Bonchev–Trinajstić information content (AvgIpc) is 2.52. The zero-order chi connectivity index (χ0) is 14.7. The van der Waals surface area contributed by atoms with Crippen molar-refractivity contribution in [1.82, 2.24) is 5.32 Å². The molecule has 1 heterocycles. The molecule has 1 aliphatic heterocycles. The summed E-state index contributed by atoms with van der Waals surface area (Å²) in [5, 5.41) is 3.25. The Kier molecular flexibility index (Phi) is 4.65. The fourth-order valence-corrected chi connectivity index (χ4v) is 3.74. The van der Waals surface area contributed by atoms with E-state index >= 15 is 0 Å². The summed E-state index contributed by atoms with van der Waals surface area (Å²) >= 11 is 3.43. The van der Waals surface area contributed by atoms with E-state index in [9.17, 15) is 4.79 Å². The van der Waals surface area contributed by atoms with Crippen LogP contribution in [-0.2, 0) is 16.0 Å². The van der Waals surface area contributed by atoms with Gasteiger partial charge >= 0.3 is 0 Å². The van der Waals surface area contributed by atoms with Gasteiger partial charge in [-0.1, -0.05) is 28.1 Å². The lowest BCUT2D eigenvalue weighted by Gasteiger charge is -2.52. The standard InChI is InChI=1S/C17H22BrNO2/c18-14-4-1-13(2-5-14)3-6-16(20)19-15-7-8-17(15)9-11-21-12-10-17/h1-2,4-5,15H,3,6-12H2,(H,19,20). The van der Waals surface area contributed by atoms with Crippen LogP contribution in [0.2, 0.25) is 0 Å². The fraction of sp³-hybridized carbons (Fsp3) is 0.588. The van der Waals surface area contributed by atoms with Gasteiger partial charge in [0.25, 0.3) is 0 Å². The van der Waals surface area contributed by atoms with Crippen LogP contribution in [0.25, 0.3) is 0 Å². The molecule has 3 rings (SSSR count). The molecule has 1 atom stereocenters. The predicted octanol–water partition coefficient (Wildman–Crippen LogP) is 3.46. The Balaban J connectivity index is 1.47. The van der Waals surface area contributed by atoms with Crippen LogP contribution in [-0.4, -0.2) is 25.2 Å². The molecule has 1 spiro atoms. The molecule has 0 aromatic heterocycles. The first-order valence-electron chi connectivity index (χ1n) is 7.80. The molecular weight excluding hydrogens is 330 g/mol. The number of carbonyl (C=O) groups is 1. The Labute approximate surface area is 134 Å². The number of amides is 1. The molecule has 1 N–H and O–H groups in total. The quantitative estimate of drug-likeness (QED) is 0.901. The summed E-state index contributed by atoms with van der Waals surface area (Å²) in [6.07, 6.45) is 5.96. The normalized spacial score (nSPS) is 23.6. The zero-order valence-electron chi connectivity index (χ0n) is 12.2. The third-order valence-corrected chi connectivity index (χ3v) is 5.58. The second kappa shape index (κ2) is 6.49. The number of hydrogen-bond donors (Lipinski definition) is 1. The molecule has 2 aliphatic rings. The SMILES string of the molecule is O=C(CCc1ccc(Br)cc1)NC1CCC12CCOCC2. The van der Waals surface area contributed by atoms with E-state index in [1.54, 1.807) is 0 Å². The molecule has 1 aromatic rings. The number of nitrogens with one attached hydrogen (secondary N) is 1. The van der Waals surface area contributed by atoms with Gasteiger partial charge in [-0.05, 0) is 55.2 Å². The second-order valence-electron chi connectivity index (χ2n) is 6.26. The summed E-state index contributed by atoms with van der Waals surface area (Å²) in [4.78, 5) is 12.2. The number of rotatable bonds is 4. The van der Waals surface area contributed by atoms with Gasteiger partial charge in [-0.2, -0.15) is 0 Å². The third kappa shape index (κ3) is 3.49. The highest BCUT2D eigenvalue weighted by atomic mass is 79.9. The molecule has 1 saturated carbocycles. The van der Waals surface area contributed by atoms with Gasteiger partial charge in [-0.25, -0.2) is 0 Å². The minimum absolute atomic E-state index is 0.188. The second-order valence-corrected chi connectivity index (χ2v) is 7.18. The van der Waals surface area contributed by atoms with Gasteiger partial charge < -0.3 is 10.1 Å². The molecule has 21 heavy (non-hydrogen) atoms. The molecule has 3 nitrogen and oxygen atoms in total. The summed E-state index contributed by atoms with van der Waals surface area (Å²) in [5.74, 6) is 0.188. The molecule has 1 unspecified atom stereocenters. The van der Waals surface area contributed by atoms with Crippen molar-refractivity contribution in [2.24, 2.45) is 5.41 Å². The molecule has 1 aliphatic carbocycles. The highest BCUT2D eigenvalue weighted by Gasteiger charge is 2.47. The maximum absolute atomic E-state index is 12.2. The first kappa shape index (κ1) is 15.0. The number of carbonyl (C=O) groups excluding carboxylic acids is 1. The van der Waals surface area contributed by atoms with Crippen molar-refractivity contribution in [2.75, 3.05) is 13.2 Å². The molecule has 1 amide bonds. The number of ether oxygens (including phenoxy) is 1. The van der Waals surface area contributed by atoms with E-state index < -0.39 is 0 Å². The van der Waals surface area contributed by atoms with Gasteiger partial charge in [0, 0.05) is 30.1 Å². The van der Waals surface area contributed by atoms with E-state index in [0.29, 0.717) is 17.9 Å². The van der Waals surface area contributed by atoms with Crippen molar-refractivity contribution in [2.45, 2.75) is 44.6 Å². The van der Waals surface area contributed by atoms with Gasteiger partial charge in [0.1, 0.15) is 0 Å². The van der Waals surface area contributed by atoms with Gasteiger partial charge in [0.15, 0.2) is 0 Å². The van der Waals surface area contributed by atoms with Crippen molar-refractivity contribution >= 4 is 21.8 Å². The van der Waals surface area contributed by atoms with Crippen LogP contribution in [0.15, 0.2) is 28.7 Å². The summed E-state index contributed by atoms with van der Waals surface area (Å²) in [7, 11) is 0. The van der Waals surface area contributed by atoms with E-state index in [1.165, 1.54) is 12.0 Å². The number of aryl methyl sites for hydroxylation is 1. The van der Waals surface area contributed by atoms with Crippen molar-refractivity contribution in [1.29, 1.82) is 0 Å². The van der Waals surface area contributed by atoms with Crippen LogP contribution in [0.5, 0.6) is 0 Å². The lowest BCUT2D eigenvalue weighted by Crippen LogP contribution is -2.57. The van der Waals surface area contributed by atoms with E-state index in [1.807, 2.05) is 12.1 Å². The monoisotopic (exact) mass is 351 g/mol. The summed E-state index contributed by atoms with van der Waals surface area (Å²) in [5.41, 5.74) is 1.55. The summed E-state index contributed by atoms with van der Waals surface area (Å²) < 4.78 is 6.53. The van der Waals surface area contributed by atoms with Crippen molar-refractivity contribution in [3.63, 3.8) is 0 Å². The molecule has 0 bridgehead atoms. The predicted molar refractivity (Wildman–Crippen MR) is 86.1 cm³/mol. The van der Waals surface area contributed by atoms with E-state index in [2.05, 4.69) is 33.4 Å². The van der Waals surface area contributed by atoms with Crippen LogP contribution in [0.4, 0.5) is 0 Å². The number of halogens is 1. The molecule has 1 saturated heterocycles. The maximum atomic E-state index is 12.2. The summed E-state index contributed by atoms with van der Waals surface area (Å²) in [6, 6.07) is 8.56. The minimum atomic E-state index is 0.188. The molecule has 2 fully saturated rings. The lowest BCUT2D eigenvalue weighted by molar-refractivity contribution is -0.127. The Morgan fingerprint density at radius 1 is 1.24 bits per heavy atom. The van der Waals surface area contributed by atoms with E-state index in [0.717, 1.165) is 43.4 Å². The van der Waals surface area contributed by atoms with E-state index in [-0.39, 0.29) is 5.91 Å². The molecule has 114 valence electrons. The van der Waals surface area contributed by atoms with E-state index in [4.69, 9.17) is 4.74 Å². The number of benzene rings is 1. The van der Waals surface area contributed by atoms with Crippen LogP contribution >= 0.6 is 15.9 Å². The van der Waals surface area contributed by atoms with Crippen molar-refractivity contribution < 1.29 is 9.53 Å². The Hall–Kier alpha value is -0.870. The smallest absolute Gasteiger partial charge is 0.220 e. The first-order chi connectivity index (χ1) is 10.2. The molecule has 1 aromatic carbocycles. The minimum Gasteiger partial charge on any atom is -0.381 e. The maximum Gasteiger partial charge on any atom is 0.220 e. The van der Waals surface area contributed by atoms with Crippen molar-refractivity contribution in [3.05, 3.63) is 34.3 Å². The largest absolute Gasteiger partial charge is 0.381 e. The third-order valence-electron chi connectivity index (χ3n) is 5.05. The highest BCUT2D eigenvalue weighted by Crippen LogP contribution is 2.48. The lowest BCUT2D eigenvalue weighted by atomic mass is 9.60. The Morgan fingerprint density at radius 3 is 2.57 bits per heavy atom. The average molecular weight is 352 g/mol. The molecule has 4 heteroatoms. The first-order valence-corrected chi connectivity index (χ1v) is 8.59. The molecular formula is C17H22BrNO2. The highest BCUT2D eigenvalue weighted by molar-refractivity contribution is 9.10. The van der Waals surface area contributed by atoms with Gasteiger partial charge in [-0.15, -0.1) is 0 Å². The van der Waals surface area contributed by atoms with Crippen LogP contribution in [0.1, 0.15) is 37.7 Å². The van der Waals surface area contributed by atoms with Crippen molar-refractivity contribution in [3.8, 4) is 0 Å². The van der Waals surface area contributed by atoms with Gasteiger partial charge in [0.2, 0.25) is 5.91 Å². The Morgan fingerprint density at radius 2 is 1.95 bits per heavy atom. The zero-order valence-corrected chi connectivity index (χ0v) is 13.8. The Bertz CT molecular complexity index is 494. The fourth-order valence-electron chi connectivity index (χ4n) is 3.47.